The zero-order valence-corrected chi connectivity index (χ0v) is 31.1. The van der Waals surface area contributed by atoms with Gasteiger partial charge in [0.15, 0.2) is 11.8 Å². The minimum absolute atomic E-state index is 0.0151. The van der Waals surface area contributed by atoms with Gasteiger partial charge < -0.3 is 34.4 Å². The first-order valence-corrected chi connectivity index (χ1v) is 18.8. The Morgan fingerprint density at radius 2 is 1.62 bits per heavy atom. The van der Waals surface area contributed by atoms with Crippen molar-refractivity contribution >= 4 is 29.8 Å². The van der Waals surface area contributed by atoms with Crippen LogP contribution in [0.5, 0.6) is 0 Å². The van der Waals surface area contributed by atoms with Crippen LogP contribution in [0.2, 0.25) is 0 Å². The number of hydrogen-bond acceptors (Lipinski definition) is 10. The van der Waals surface area contributed by atoms with Crippen molar-refractivity contribution in [2.75, 3.05) is 34.3 Å². The number of esters is 1. The van der Waals surface area contributed by atoms with Gasteiger partial charge in [0.1, 0.15) is 35.9 Å². The molecule has 0 radical (unpaired) electrons. The van der Waals surface area contributed by atoms with E-state index in [9.17, 15) is 19.5 Å². The molecule has 2 bridgehead atoms. The van der Waals surface area contributed by atoms with Crippen LogP contribution >= 0.6 is 0 Å². The summed E-state index contributed by atoms with van der Waals surface area (Å²) in [4.78, 5) is 65.8. The number of hydrogen-bond donors (Lipinski definition) is 2. The number of rotatable bonds is 11. The number of benzene rings is 3. The molecule has 7 atom stereocenters. The van der Waals surface area contributed by atoms with Crippen molar-refractivity contribution in [3.05, 3.63) is 113 Å². The van der Waals surface area contributed by atoms with Gasteiger partial charge in [0, 0.05) is 59.4 Å². The zero-order valence-electron chi connectivity index (χ0n) is 31.1. The molecule has 3 heterocycles. The molecule has 0 aromatic heterocycles. The van der Waals surface area contributed by atoms with Gasteiger partial charge in [-0.1, -0.05) is 78.9 Å². The van der Waals surface area contributed by atoms with Crippen LogP contribution in [-0.4, -0.2) is 120 Å². The van der Waals surface area contributed by atoms with E-state index in [1.165, 1.54) is 20.9 Å². The van der Waals surface area contributed by atoms with Gasteiger partial charge in [-0.3, -0.25) is 24.0 Å². The number of nitrogens with zero attached hydrogens (tertiary/aromatic N) is 3. The molecule has 3 aromatic rings. The van der Waals surface area contributed by atoms with E-state index in [0.29, 0.717) is 12.8 Å². The summed E-state index contributed by atoms with van der Waals surface area (Å²) in [5, 5.41) is 13.8. The molecule has 3 aromatic carbocycles. The number of aliphatic hydroxyl groups excluding tert-OH is 1. The van der Waals surface area contributed by atoms with Crippen molar-refractivity contribution in [1.82, 2.24) is 20.2 Å². The summed E-state index contributed by atoms with van der Waals surface area (Å²) in [6.45, 7) is -0.172. The number of carbonyl (C=O) groups is 4. The van der Waals surface area contributed by atoms with E-state index < -0.39 is 65.5 Å². The van der Waals surface area contributed by atoms with Crippen molar-refractivity contribution in [2.24, 2.45) is 5.41 Å². The summed E-state index contributed by atoms with van der Waals surface area (Å²) in [5.74, 6) is -2.72. The van der Waals surface area contributed by atoms with Gasteiger partial charge in [-0.15, -0.1) is 0 Å². The third-order valence-corrected chi connectivity index (χ3v) is 11.7. The van der Waals surface area contributed by atoms with Crippen molar-refractivity contribution in [3.8, 4) is 0 Å². The number of hydroxylamine groups is 2. The third kappa shape index (κ3) is 6.53. The molecule has 3 saturated heterocycles. The summed E-state index contributed by atoms with van der Waals surface area (Å²) in [6.07, 6.45) is 1.21. The van der Waals surface area contributed by atoms with Crippen LogP contribution in [0, 0.1) is 5.41 Å². The zero-order chi connectivity index (χ0) is 38.5. The van der Waals surface area contributed by atoms with Gasteiger partial charge >= 0.3 is 5.97 Å². The lowest BCUT2D eigenvalue weighted by Crippen LogP contribution is -2.70. The van der Waals surface area contributed by atoms with Gasteiger partial charge in [-0.25, -0.2) is 0 Å². The number of carbonyl (C=O) groups excluding carboxylic acids is 4. The molecule has 3 aliphatic heterocycles. The van der Waals surface area contributed by atoms with Crippen LogP contribution in [0.15, 0.2) is 84.9 Å². The molecule has 13 nitrogen and oxygen atoms in total. The van der Waals surface area contributed by atoms with E-state index in [1.54, 1.807) is 27.2 Å². The highest BCUT2D eigenvalue weighted by molar-refractivity contribution is 5.96. The highest BCUT2D eigenvalue weighted by Crippen LogP contribution is 2.59. The highest BCUT2D eigenvalue weighted by atomic mass is 16.8. The maximum absolute atomic E-state index is 15.5. The Morgan fingerprint density at radius 3 is 2.33 bits per heavy atom. The SMILES string of the molecule is CN(C)C(=O)C=Cc1ccccc1CN1O[C@@H]2[C@H]3OC4(Cc5ccccc5C4)O[C@H]3[C@H]3C[C@]2(C(=O)N(C)[C@H](Cc2ccccc2)C(=O)NCCO)[C@@H]1C(=O)O3. The molecule has 8 rings (SSSR count). The molecule has 55 heavy (non-hydrogen) atoms. The van der Waals surface area contributed by atoms with Gasteiger partial charge in [0.2, 0.25) is 17.7 Å². The van der Waals surface area contributed by atoms with Crippen molar-refractivity contribution in [2.45, 2.75) is 74.5 Å². The quantitative estimate of drug-likeness (QED) is 0.221. The third-order valence-electron chi connectivity index (χ3n) is 11.7. The Bertz CT molecular complexity index is 1980. The van der Waals surface area contributed by atoms with E-state index in [1.807, 2.05) is 78.9 Å². The fourth-order valence-corrected chi connectivity index (χ4v) is 9.07. The van der Waals surface area contributed by atoms with Gasteiger partial charge in [-0.2, -0.15) is 5.06 Å². The van der Waals surface area contributed by atoms with E-state index in [4.69, 9.17) is 19.0 Å². The van der Waals surface area contributed by atoms with Crippen LogP contribution in [0.3, 0.4) is 0 Å². The Kier molecular flexibility index (Phi) is 9.85. The maximum atomic E-state index is 15.5. The largest absolute Gasteiger partial charge is 0.458 e. The van der Waals surface area contributed by atoms with E-state index in [-0.39, 0.29) is 38.4 Å². The van der Waals surface area contributed by atoms with E-state index in [2.05, 4.69) is 5.32 Å². The second kappa shape index (κ2) is 14.6. The van der Waals surface area contributed by atoms with E-state index >= 15 is 4.79 Å². The minimum atomic E-state index is -1.52. The van der Waals surface area contributed by atoms with Crippen LogP contribution in [0.25, 0.3) is 6.08 Å². The van der Waals surface area contributed by atoms with Crippen LogP contribution in [0.1, 0.15) is 34.2 Å². The number of amides is 3. The predicted octanol–water partition coefficient (Wildman–Crippen LogP) is 2.05. The molecular weight excluding hydrogens is 704 g/mol. The smallest absolute Gasteiger partial charge is 0.327 e. The summed E-state index contributed by atoms with van der Waals surface area (Å²) >= 11 is 0. The van der Waals surface area contributed by atoms with Crippen molar-refractivity contribution in [1.29, 1.82) is 0 Å². The number of aliphatic hydroxyl groups is 1. The fourth-order valence-electron chi connectivity index (χ4n) is 9.07. The van der Waals surface area contributed by atoms with Gasteiger partial charge in [-0.05, 0) is 33.9 Å². The second-order valence-corrected chi connectivity index (χ2v) is 15.3. The Hall–Kier alpha value is -4.92. The molecule has 288 valence electrons. The molecular formula is C42H46N4O9. The molecule has 5 aliphatic rings. The van der Waals surface area contributed by atoms with E-state index in [0.717, 1.165) is 27.8 Å². The lowest BCUT2D eigenvalue weighted by molar-refractivity contribution is -0.218. The second-order valence-electron chi connectivity index (χ2n) is 15.3. The predicted molar refractivity (Wildman–Crippen MR) is 198 cm³/mol. The van der Waals surface area contributed by atoms with Crippen LogP contribution in [0.4, 0.5) is 0 Å². The van der Waals surface area contributed by atoms with Crippen molar-refractivity contribution < 1.29 is 43.3 Å². The molecule has 1 spiro atoms. The first-order chi connectivity index (χ1) is 26.5. The number of likely N-dealkylation sites (N-methyl/N-ethyl adjacent to an activating group) is 2. The Labute approximate surface area is 319 Å². The summed E-state index contributed by atoms with van der Waals surface area (Å²) < 4.78 is 19.9. The molecule has 1 saturated carbocycles. The lowest BCUT2D eigenvalue weighted by Gasteiger charge is -2.50. The standard InChI is InChI=1S/C42H46N4O9/c1-44(2)33(48)18-17-27-13-7-10-16-30(27)25-46-36-39(50)52-32-24-42(36,40(51)45(3)31(38(49)43-19-20-47)21-26-11-5-4-6-12-26)37(55-46)35-34(32)53-41(54-35)22-28-14-8-9-15-29(28)23-41/h4-18,31-32,34-37,47H,19-25H2,1-3H3,(H,43,49)/t31-,32-,34+,35+,36+,37-,42+/m1/s1. The van der Waals surface area contributed by atoms with Gasteiger partial charge in [0.05, 0.1) is 13.2 Å². The number of ether oxygens (including phenoxy) is 3. The summed E-state index contributed by atoms with van der Waals surface area (Å²) in [5.41, 5.74) is 3.01. The number of nitrogens with one attached hydrogen (secondary N) is 1. The monoisotopic (exact) mass is 750 g/mol. The normalized spacial score (nSPS) is 27.7. The summed E-state index contributed by atoms with van der Waals surface area (Å²) in [7, 11) is 4.92. The fraction of sp³-hybridized carbons (Fsp3) is 0.429. The minimum Gasteiger partial charge on any atom is -0.458 e. The highest BCUT2D eigenvalue weighted by Gasteiger charge is 2.77. The molecule has 3 amide bonds. The number of fused-ring (bicyclic) bond motifs is 5. The molecule has 2 N–H and O–H groups in total. The van der Waals surface area contributed by atoms with Crippen molar-refractivity contribution in [3.63, 3.8) is 0 Å². The first kappa shape index (κ1) is 37.0. The molecule has 13 heteroatoms. The molecule has 4 fully saturated rings. The summed E-state index contributed by atoms with van der Waals surface area (Å²) in [6, 6.07) is 22.7. The lowest BCUT2D eigenvalue weighted by atomic mass is 9.62. The maximum Gasteiger partial charge on any atom is 0.327 e. The first-order valence-electron chi connectivity index (χ1n) is 18.8. The van der Waals surface area contributed by atoms with Gasteiger partial charge in [0.25, 0.3) is 0 Å². The average molecular weight is 751 g/mol. The average Bonchev–Trinajstić information content (AvgIpc) is 3.86. The van der Waals surface area contributed by atoms with Crippen LogP contribution < -0.4 is 5.32 Å². The molecule has 0 unspecified atom stereocenters. The Morgan fingerprint density at radius 1 is 0.945 bits per heavy atom. The topological polar surface area (TPSA) is 147 Å². The van der Waals surface area contributed by atoms with Crippen LogP contribution in [-0.2, 0) is 64.0 Å². The molecule has 2 aliphatic carbocycles. The Balaban J connectivity index is 1.18.